The topological polar surface area (TPSA) is 58.2 Å². The molecule has 22 heavy (non-hydrogen) atoms. The summed E-state index contributed by atoms with van der Waals surface area (Å²) in [6.45, 7) is 2.00. The van der Waals surface area contributed by atoms with Gasteiger partial charge < -0.3 is 5.32 Å². The fraction of sp³-hybridized carbons (Fsp3) is 0.0588. The number of amides is 2. The summed E-state index contributed by atoms with van der Waals surface area (Å²) < 4.78 is 0. The second-order valence-corrected chi connectivity index (χ2v) is 5.98. The van der Waals surface area contributed by atoms with Crippen molar-refractivity contribution in [1.29, 1.82) is 0 Å². The van der Waals surface area contributed by atoms with Crippen LogP contribution in [0.15, 0.2) is 70.1 Å². The summed E-state index contributed by atoms with van der Waals surface area (Å²) in [7, 11) is 0. The van der Waals surface area contributed by atoms with E-state index in [1.165, 1.54) is 11.8 Å². The number of carbonyl (C=O) groups is 2. The molecule has 0 radical (unpaired) electrons. The molecule has 3 rings (SSSR count). The molecule has 0 fully saturated rings. The van der Waals surface area contributed by atoms with Crippen LogP contribution >= 0.6 is 11.8 Å². The zero-order chi connectivity index (χ0) is 15.5. The molecule has 1 aliphatic heterocycles. The Bertz CT molecular complexity index is 752. The highest BCUT2D eigenvalue weighted by Gasteiger charge is 2.31. The molecule has 5 heteroatoms. The Kier molecular flexibility index (Phi) is 3.98. The van der Waals surface area contributed by atoms with Gasteiger partial charge in [0.2, 0.25) is 0 Å². The first kappa shape index (κ1) is 14.4. The number of hydrogen-bond donors (Lipinski definition) is 2. The molecule has 0 bridgehead atoms. The monoisotopic (exact) mass is 310 g/mol. The number of carbonyl (C=O) groups excluding carboxylic acids is 2. The molecule has 1 aliphatic rings. The minimum absolute atomic E-state index is 0.293. The van der Waals surface area contributed by atoms with E-state index < -0.39 is 5.91 Å². The fourth-order valence-corrected chi connectivity index (χ4v) is 2.94. The van der Waals surface area contributed by atoms with Gasteiger partial charge in [0.25, 0.3) is 11.8 Å². The van der Waals surface area contributed by atoms with Crippen LogP contribution in [-0.4, -0.2) is 11.8 Å². The molecule has 2 amide bonds. The van der Waals surface area contributed by atoms with E-state index in [1.54, 1.807) is 0 Å². The highest BCUT2D eigenvalue weighted by Crippen LogP contribution is 2.32. The molecule has 2 aromatic carbocycles. The number of imide groups is 1. The first-order valence-electron chi connectivity index (χ1n) is 6.80. The zero-order valence-electron chi connectivity index (χ0n) is 11.9. The summed E-state index contributed by atoms with van der Waals surface area (Å²) in [6, 6.07) is 17.1. The van der Waals surface area contributed by atoms with Gasteiger partial charge in [-0.05, 0) is 31.2 Å². The Labute approximate surface area is 132 Å². The van der Waals surface area contributed by atoms with Crippen LogP contribution in [0, 0.1) is 6.92 Å². The van der Waals surface area contributed by atoms with Crippen molar-refractivity contribution >= 4 is 29.3 Å². The van der Waals surface area contributed by atoms with Crippen LogP contribution in [0.2, 0.25) is 0 Å². The van der Waals surface area contributed by atoms with Gasteiger partial charge in [-0.25, -0.2) is 0 Å². The average Bonchev–Trinajstić information content (AvgIpc) is 2.77. The van der Waals surface area contributed by atoms with Crippen molar-refractivity contribution in [2.24, 2.45) is 0 Å². The summed E-state index contributed by atoms with van der Waals surface area (Å²) in [5, 5.41) is 5.36. The lowest BCUT2D eigenvalue weighted by molar-refractivity contribution is -0.123. The number of para-hydroxylation sites is 1. The summed E-state index contributed by atoms with van der Waals surface area (Å²) in [4.78, 5) is 25.3. The second-order valence-electron chi connectivity index (χ2n) is 4.89. The summed E-state index contributed by atoms with van der Waals surface area (Å²) in [6.07, 6.45) is 0. The molecule has 0 aliphatic carbocycles. The van der Waals surface area contributed by atoms with Crippen LogP contribution in [0.3, 0.4) is 0 Å². The standard InChI is InChI=1S/C17H14N2O2S/c1-11-7-9-13(10-8-11)22-15-14(16(20)19-17(15)21)18-12-5-3-2-4-6-12/h2-10H,1H3,(H2,18,19,20,21). The van der Waals surface area contributed by atoms with Gasteiger partial charge in [0.1, 0.15) is 10.6 Å². The molecule has 0 atom stereocenters. The molecular weight excluding hydrogens is 296 g/mol. The minimum atomic E-state index is -0.400. The van der Waals surface area contributed by atoms with Gasteiger partial charge in [-0.2, -0.15) is 0 Å². The maximum Gasteiger partial charge on any atom is 0.275 e. The van der Waals surface area contributed by atoms with Crippen molar-refractivity contribution in [3.8, 4) is 0 Å². The van der Waals surface area contributed by atoms with Crippen LogP contribution in [-0.2, 0) is 9.59 Å². The fourth-order valence-electron chi connectivity index (χ4n) is 2.04. The normalized spacial score (nSPS) is 14.2. The third-order valence-corrected chi connectivity index (χ3v) is 4.27. The van der Waals surface area contributed by atoms with Crippen molar-refractivity contribution in [2.75, 3.05) is 5.32 Å². The average molecular weight is 310 g/mol. The van der Waals surface area contributed by atoms with E-state index in [1.807, 2.05) is 61.5 Å². The van der Waals surface area contributed by atoms with Crippen molar-refractivity contribution in [3.05, 3.63) is 70.8 Å². The van der Waals surface area contributed by atoms with Gasteiger partial charge in [-0.15, -0.1) is 0 Å². The second kappa shape index (κ2) is 6.07. The third kappa shape index (κ3) is 3.04. The van der Waals surface area contributed by atoms with Crippen LogP contribution < -0.4 is 10.6 Å². The predicted octanol–water partition coefficient (Wildman–Crippen LogP) is 3.07. The first-order valence-corrected chi connectivity index (χ1v) is 7.62. The van der Waals surface area contributed by atoms with E-state index in [9.17, 15) is 9.59 Å². The van der Waals surface area contributed by atoms with Crippen molar-refractivity contribution < 1.29 is 9.59 Å². The van der Waals surface area contributed by atoms with Crippen LogP contribution in [0.4, 0.5) is 5.69 Å². The van der Waals surface area contributed by atoms with Gasteiger partial charge in [0, 0.05) is 10.6 Å². The van der Waals surface area contributed by atoms with E-state index in [2.05, 4.69) is 10.6 Å². The molecule has 110 valence electrons. The largest absolute Gasteiger partial charge is 0.350 e. The molecule has 1 heterocycles. The highest BCUT2D eigenvalue weighted by atomic mass is 32.2. The third-order valence-electron chi connectivity index (χ3n) is 3.17. The number of hydrogen-bond acceptors (Lipinski definition) is 4. The van der Waals surface area contributed by atoms with Crippen LogP contribution in [0.25, 0.3) is 0 Å². The van der Waals surface area contributed by atoms with Crippen LogP contribution in [0.1, 0.15) is 5.56 Å². The maximum atomic E-state index is 12.0. The lowest BCUT2D eigenvalue weighted by atomic mass is 10.2. The first-order chi connectivity index (χ1) is 10.6. The van der Waals surface area contributed by atoms with E-state index in [0.717, 1.165) is 16.1 Å². The number of anilines is 1. The molecule has 0 saturated carbocycles. The Balaban J connectivity index is 1.91. The van der Waals surface area contributed by atoms with E-state index >= 15 is 0 Å². The van der Waals surface area contributed by atoms with E-state index in [0.29, 0.717) is 10.6 Å². The molecule has 2 N–H and O–H groups in total. The van der Waals surface area contributed by atoms with Crippen LogP contribution in [0.5, 0.6) is 0 Å². The highest BCUT2D eigenvalue weighted by molar-refractivity contribution is 8.04. The quantitative estimate of drug-likeness (QED) is 0.852. The maximum absolute atomic E-state index is 12.0. The lowest BCUT2D eigenvalue weighted by Gasteiger charge is -2.07. The minimum Gasteiger partial charge on any atom is -0.350 e. The molecule has 0 aromatic heterocycles. The smallest absolute Gasteiger partial charge is 0.275 e. The Hall–Kier alpha value is -2.53. The molecule has 4 nitrogen and oxygen atoms in total. The summed E-state index contributed by atoms with van der Waals surface area (Å²) in [5.41, 5.74) is 2.21. The molecule has 0 saturated heterocycles. The lowest BCUT2D eigenvalue weighted by Crippen LogP contribution is -2.24. The molecule has 0 spiro atoms. The molecule has 2 aromatic rings. The Morgan fingerprint density at radius 1 is 0.909 bits per heavy atom. The number of rotatable bonds is 4. The van der Waals surface area contributed by atoms with E-state index in [4.69, 9.17) is 0 Å². The number of aryl methyl sites for hydroxylation is 1. The number of nitrogens with one attached hydrogen (secondary N) is 2. The van der Waals surface area contributed by atoms with Gasteiger partial charge in [0.15, 0.2) is 0 Å². The summed E-state index contributed by atoms with van der Waals surface area (Å²) >= 11 is 1.28. The van der Waals surface area contributed by atoms with Gasteiger partial charge in [-0.3, -0.25) is 14.9 Å². The number of benzene rings is 2. The Morgan fingerprint density at radius 3 is 2.27 bits per heavy atom. The SMILES string of the molecule is Cc1ccc(SC2=C(Nc3ccccc3)C(=O)NC2=O)cc1. The van der Waals surface area contributed by atoms with Gasteiger partial charge in [-0.1, -0.05) is 47.7 Å². The number of thioether (sulfide) groups is 1. The Morgan fingerprint density at radius 2 is 1.59 bits per heavy atom. The van der Waals surface area contributed by atoms with Crippen molar-refractivity contribution in [1.82, 2.24) is 5.32 Å². The predicted molar refractivity (Wildman–Crippen MR) is 87.3 cm³/mol. The van der Waals surface area contributed by atoms with E-state index in [-0.39, 0.29) is 5.91 Å². The molecule has 0 unspecified atom stereocenters. The van der Waals surface area contributed by atoms with Crippen molar-refractivity contribution in [3.63, 3.8) is 0 Å². The van der Waals surface area contributed by atoms with Gasteiger partial charge in [0.05, 0.1) is 0 Å². The zero-order valence-corrected chi connectivity index (χ0v) is 12.7. The summed E-state index contributed by atoms with van der Waals surface area (Å²) in [5.74, 6) is -0.766. The molecular formula is C17H14N2O2S. The van der Waals surface area contributed by atoms with Gasteiger partial charge >= 0.3 is 0 Å². The van der Waals surface area contributed by atoms with Crippen molar-refractivity contribution in [2.45, 2.75) is 11.8 Å².